The molecule has 2 aliphatic rings. The zero-order valence-corrected chi connectivity index (χ0v) is 13.6. The number of rotatable bonds is 3. The molecule has 1 aromatic rings. The highest BCUT2D eigenvalue weighted by molar-refractivity contribution is 7.89. The molecule has 2 fully saturated rings. The minimum atomic E-state index is -3.49. The minimum Gasteiger partial charge on any atom is -0.481 e. The minimum absolute atomic E-state index is 0.181. The first-order valence-corrected chi connectivity index (χ1v) is 9.03. The second-order valence-electron chi connectivity index (χ2n) is 6.62. The molecule has 0 spiro atoms. The average Bonchev–Trinajstić information content (AvgIpc) is 2.99. The molecular weight excluding hydrogens is 302 g/mol. The maximum atomic E-state index is 12.9. The number of aryl methyl sites for hydroxylation is 2. The summed E-state index contributed by atoms with van der Waals surface area (Å²) in [4.78, 5) is 11.5. The maximum Gasteiger partial charge on any atom is 0.306 e. The van der Waals surface area contributed by atoms with E-state index < -0.39 is 16.0 Å². The largest absolute Gasteiger partial charge is 0.481 e. The van der Waals surface area contributed by atoms with Crippen LogP contribution in [0.2, 0.25) is 0 Å². The molecule has 0 bridgehead atoms. The number of fused-ring (bicyclic) bond motifs is 1. The van der Waals surface area contributed by atoms with Crippen LogP contribution < -0.4 is 0 Å². The Kier molecular flexibility index (Phi) is 3.77. The number of hydrogen-bond donors (Lipinski definition) is 1. The summed E-state index contributed by atoms with van der Waals surface area (Å²) in [6.07, 6.45) is 1.19. The third-order valence-electron chi connectivity index (χ3n) is 5.03. The van der Waals surface area contributed by atoms with Gasteiger partial charge in [0, 0.05) is 13.1 Å². The quantitative estimate of drug-likeness (QED) is 0.923. The van der Waals surface area contributed by atoms with E-state index in [9.17, 15) is 13.2 Å². The predicted molar refractivity (Wildman–Crippen MR) is 82.0 cm³/mol. The zero-order valence-electron chi connectivity index (χ0n) is 12.8. The molecule has 0 radical (unpaired) electrons. The molecule has 6 heteroatoms. The lowest BCUT2D eigenvalue weighted by Crippen LogP contribution is -2.31. The molecule has 1 aliphatic heterocycles. The lowest BCUT2D eigenvalue weighted by Gasteiger charge is -2.19. The lowest BCUT2D eigenvalue weighted by atomic mass is 10.0. The van der Waals surface area contributed by atoms with E-state index in [1.165, 1.54) is 0 Å². The van der Waals surface area contributed by atoms with Crippen molar-refractivity contribution < 1.29 is 18.3 Å². The number of nitrogens with zero attached hydrogens (tertiary/aromatic N) is 1. The fourth-order valence-corrected chi connectivity index (χ4v) is 5.64. The molecule has 1 unspecified atom stereocenters. The van der Waals surface area contributed by atoms with Crippen molar-refractivity contribution in [3.63, 3.8) is 0 Å². The lowest BCUT2D eigenvalue weighted by molar-refractivity contribution is -0.141. The molecule has 1 heterocycles. The van der Waals surface area contributed by atoms with Gasteiger partial charge in [-0.3, -0.25) is 4.79 Å². The summed E-state index contributed by atoms with van der Waals surface area (Å²) in [6.45, 7) is 4.59. The number of carboxylic acid groups (broad SMARTS) is 1. The summed E-state index contributed by atoms with van der Waals surface area (Å²) in [5.74, 6) is -0.694. The van der Waals surface area contributed by atoms with Gasteiger partial charge in [0.15, 0.2) is 0 Å². The standard InChI is InChI=1S/C16H21NO4S/c1-10-3-4-11(2)15(5-10)22(20,21)17-8-13-6-12(16(18)19)7-14(13)9-17/h3-5,12-14H,6-9H2,1-2H3,(H,18,19)/t12?,13-,14+. The fourth-order valence-electron chi connectivity index (χ4n) is 3.78. The Balaban J connectivity index is 1.82. The first-order valence-electron chi connectivity index (χ1n) is 7.59. The summed E-state index contributed by atoms with van der Waals surface area (Å²) in [5, 5.41) is 9.11. The second kappa shape index (κ2) is 5.35. The van der Waals surface area contributed by atoms with E-state index in [2.05, 4.69) is 0 Å². The second-order valence-corrected chi connectivity index (χ2v) is 8.52. The van der Waals surface area contributed by atoms with Crippen molar-refractivity contribution >= 4 is 16.0 Å². The fraction of sp³-hybridized carbons (Fsp3) is 0.562. The van der Waals surface area contributed by atoms with Crippen LogP contribution in [0.4, 0.5) is 0 Å². The van der Waals surface area contributed by atoms with Crippen LogP contribution in [0.25, 0.3) is 0 Å². The highest BCUT2D eigenvalue weighted by atomic mass is 32.2. The van der Waals surface area contributed by atoms with Crippen molar-refractivity contribution in [1.82, 2.24) is 4.31 Å². The van der Waals surface area contributed by atoms with Gasteiger partial charge in [0.25, 0.3) is 0 Å². The van der Waals surface area contributed by atoms with Crippen molar-refractivity contribution in [2.75, 3.05) is 13.1 Å². The Morgan fingerprint density at radius 1 is 1.18 bits per heavy atom. The van der Waals surface area contributed by atoms with Gasteiger partial charge in [0.1, 0.15) is 0 Å². The number of hydrogen-bond acceptors (Lipinski definition) is 3. The monoisotopic (exact) mass is 323 g/mol. The molecule has 0 aromatic heterocycles. The highest BCUT2D eigenvalue weighted by Gasteiger charge is 2.46. The Morgan fingerprint density at radius 3 is 2.32 bits per heavy atom. The van der Waals surface area contributed by atoms with Gasteiger partial charge in [-0.25, -0.2) is 8.42 Å². The van der Waals surface area contributed by atoms with E-state index in [-0.39, 0.29) is 17.8 Å². The molecule has 22 heavy (non-hydrogen) atoms. The Morgan fingerprint density at radius 2 is 1.77 bits per heavy atom. The third kappa shape index (κ3) is 2.54. The van der Waals surface area contributed by atoms with Gasteiger partial charge in [-0.05, 0) is 55.7 Å². The van der Waals surface area contributed by atoms with Crippen LogP contribution in [0, 0.1) is 31.6 Å². The summed E-state index contributed by atoms with van der Waals surface area (Å²) in [5.41, 5.74) is 1.68. The van der Waals surface area contributed by atoms with Crippen LogP contribution in [0.1, 0.15) is 24.0 Å². The molecule has 5 nitrogen and oxygen atoms in total. The summed E-state index contributed by atoms with van der Waals surface area (Å²) < 4.78 is 27.3. The van der Waals surface area contributed by atoms with Crippen LogP contribution in [0.5, 0.6) is 0 Å². The molecular formula is C16H21NO4S. The van der Waals surface area contributed by atoms with Crippen LogP contribution in [0.3, 0.4) is 0 Å². The van der Waals surface area contributed by atoms with Gasteiger partial charge in [0.05, 0.1) is 10.8 Å². The molecule has 1 aliphatic carbocycles. The van der Waals surface area contributed by atoms with Crippen LogP contribution >= 0.6 is 0 Å². The Bertz CT molecular complexity index is 699. The van der Waals surface area contributed by atoms with Crippen molar-refractivity contribution in [2.24, 2.45) is 17.8 Å². The van der Waals surface area contributed by atoms with E-state index in [0.717, 1.165) is 11.1 Å². The van der Waals surface area contributed by atoms with E-state index in [1.807, 2.05) is 26.0 Å². The molecule has 1 N–H and O–H groups in total. The maximum absolute atomic E-state index is 12.9. The van der Waals surface area contributed by atoms with Crippen molar-refractivity contribution in [2.45, 2.75) is 31.6 Å². The highest BCUT2D eigenvalue weighted by Crippen LogP contribution is 2.43. The molecule has 3 atom stereocenters. The SMILES string of the molecule is Cc1ccc(C)c(S(=O)(=O)N2C[C@H]3CC(C(=O)O)C[C@H]3C2)c1. The van der Waals surface area contributed by atoms with Gasteiger partial charge < -0.3 is 5.11 Å². The van der Waals surface area contributed by atoms with Crippen molar-refractivity contribution in [3.05, 3.63) is 29.3 Å². The zero-order chi connectivity index (χ0) is 16.1. The smallest absolute Gasteiger partial charge is 0.306 e. The first-order chi connectivity index (χ1) is 10.3. The Hall–Kier alpha value is -1.40. The molecule has 1 saturated carbocycles. The van der Waals surface area contributed by atoms with Crippen LogP contribution in [-0.2, 0) is 14.8 Å². The van der Waals surface area contributed by atoms with E-state index in [0.29, 0.717) is 30.8 Å². The van der Waals surface area contributed by atoms with Crippen molar-refractivity contribution in [3.8, 4) is 0 Å². The summed E-state index contributed by atoms with van der Waals surface area (Å²) >= 11 is 0. The van der Waals surface area contributed by atoms with Gasteiger partial charge in [-0.15, -0.1) is 0 Å². The van der Waals surface area contributed by atoms with E-state index in [1.54, 1.807) is 10.4 Å². The van der Waals surface area contributed by atoms with Crippen LogP contribution in [0.15, 0.2) is 23.1 Å². The molecule has 120 valence electrons. The van der Waals surface area contributed by atoms with E-state index in [4.69, 9.17) is 5.11 Å². The predicted octanol–water partition coefficient (Wildman–Crippen LogP) is 2.03. The van der Waals surface area contributed by atoms with Gasteiger partial charge in [-0.1, -0.05) is 12.1 Å². The molecule has 1 saturated heterocycles. The van der Waals surface area contributed by atoms with E-state index >= 15 is 0 Å². The number of aliphatic carboxylic acids is 1. The Labute approximate surface area is 131 Å². The van der Waals surface area contributed by atoms with Gasteiger partial charge in [0.2, 0.25) is 10.0 Å². The normalized spacial score (nSPS) is 28.7. The number of benzene rings is 1. The topological polar surface area (TPSA) is 74.7 Å². The number of carbonyl (C=O) groups is 1. The number of sulfonamides is 1. The first kappa shape index (κ1) is 15.5. The third-order valence-corrected chi connectivity index (χ3v) is 7.00. The van der Waals surface area contributed by atoms with Gasteiger partial charge >= 0.3 is 5.97 Å². The molecule has 3 rings (SSSR count). The summed E-state index contributed by atoms with van der Waals surface area (Å²) in [7, 11) is -3.49. The van der Waals surface area contributed by atoms with Gasteiger partial charge in [-0.2, -0.15) is 4.31 Å². The van der Waals surface area contributed by atoms with Crippen molar-refractivity contribution in [1.29, 1.82) is 0 Å². The summed E-state index contributed by atoms with van der Waals surface area (Å²) in [6, 6.07) is 5.46. The van der Waals surface area contributed by atoms with Crippen LogP contribution in [-0.4, -0.2) is 36.9 Å². The average molecular weight is 323 g/mol. The molecule has 0 amide bonds. The molecule has 1 aromatic carbocycles. The number of carboxylic acids is 1.